The predicted octanol–water partition coefficient (Wildman–Crippen LogP) is -2.53. The van der Waals surface area contributed by atoms with Gasteiger partial charge in [0.25, 0.3) is 0 Å². The Morgan fingerprint density at radius 2 is 1.36 bits per heavy atom. The Kier molecular flexibility index (Phi) is 12.3. The molecular weight excluding hydrogens is 290 g/mol. The SMILES string of the molecule is NC(=O)[C@H](N)CCCCN(CC(CO)CO)CC(CO)CO. The largest absolute Gasteiger partial charge is 0.396 e. The average molecular weight is 321 g/mol. The number of amides is 1. The van der Waals surface area contributed by atoms with Gasteiger partial charge in [-0.1, -0.05) is 6.42 Å². The standard InChI is InChI=1S/C14H31N3O5/c15-13(14(16)22)3-1-2-4-17(5-11(7-18)8-19)6-12(9-20)10-21/h11-13,18-21H,1-10,15H2,(H2,16,22)/t13-/m1/s1. The third-order valence-electron chi connectivity index (χ3n) is 3.67. The summed E-state index contributed by atoms with van der Waals surface area (Å²) in [6.07, 6.45) is 2.01. The summed E-state index contributed by atoms with van der Waals surface area (Å²) in [5.41, 5.74) is 10.7. The van der Waals surface area contributed by atoms with Crippen LogP contribution in [0.25, 0.3) is 0 Å². The molecule has 0 fully saturated rings. The molecule has 0 aromatic rings. The van der Waals surface area contributed by atoms with Crippen LogP contribution in [-0.4, -0.2) is 83.3 Å². The Bertz CT molecular complexity index is 272. The molecule has 0 saturated carbocycles. The van der Waals surface area contributed by atoms with Crippen molar-refractivity contribution in [3.8, 4) is 0 Å². The van der Waals surface area contributed by atoms with Crippen molar-refractivity contribution < 1.29 is 25.2 Å². The molecular formula is C14H31N3O5. The molecule has 0 saturated heterocycles. The van der Waals surface area contributed by atoms with Crippen LogP contribution in [-0.2, 0) is 4.79 Å². The predicted molar refractivity (Wildman–Crippen MR) is 82.8 cm³/mol. The zero-order chi connectivity index (χ0) is 17.0. The van der Waals surface area contributed by atoms with Gasteiger partial charge in [-0.2, -0.15) is 0 Å². The van der Waals surface area contributed by atoms with Crippen LogP contribution in [0.4, 0.5) is 0 Å². The molecule has 0 unspecified atom stereocenters. The first-order chi connectivity index (χ1) is 10.5. The zero-order valence-electron chi connectivity index (χ0n) is 13.1. The first-order valence-electron chi connectivity index (χ1n) is 7.69. The topological polar surface area (TPSA) is 153 Å². The Balaban J connectivity index is 4.30. The summed E-state index contributed by atoms with van der Waals surface area (Å²) < 4.78 is 0. The van der Waals surface area contributed by atoms with Crippen molar-refractivity contribution in [3.63, 3.8) is 0 Å². The minimum absolute atomic E-state index is 0.123. The van der Waals surface area contributed by atoms with E-state index in [4.69, 9.17) is 11.5 Å². The quantitative estimate of drug-likeness (QED) is 0.193. The number of aliphatic hydroxyl groups excluding tert-OH is 4. The van der Waals surface area contributed by atoms with Crippen molar-refractivity contribution in [2.24, 2.45) is 23.3 Å². The number of nitrogens with zero attached hydrogens (tertiary/aromatic N) is 1. The van der Waals surface area contributed by atoms with Crippen molar-refractivity contribution in [1.82, 2.24) is 4.90 Å². The normalized spacial score (nSPS) is 13.3. The molecule has 0 heterocycles. The molecule has 0 aliphatic heterocycles. The lowest BCUT2D eigenvalue weighted by molar-refractivity contribution is -0.119. The minimum Gasteiger partial charge on any atom is -0.396 e. The average Bonchev–Trinajstić information content (AvgIpc) is 2.52. The number of carbonyl (C=O) groups excluding carboxylic acids is 1. The summed E-state index contributed by atoms with van der Waals surface area (Å²) >= 11 is 0. The van der Waals surface area contributed by atoms with Crippen molar-refractivity contribution >= 4 is 5.91 Å². The van der Waals surface area contributed by atoms with Crippen LogP contribution in [0.1, 0.15) is 19.3 Å². The number of hydrogen-bond donors (Lipinski definition) is 6. The van der Waals surface area contributed by atoms with Crippen LogP contribution < -0.4 is 11.5 Å². The van der Waals surface area contributed by atoms with Gasteiger partial charge in [-0.05, 0) is 19.4 Å². The first kappa shape index (κ1) is 21.2. The number of unbranched alkanes of at least 4 members (excludes halogenated alkanes) is 1. The molecule has 1 amide bonds. The van der Waals surface area contributed by atoms with Gasteiger partial charge in [0.05, 0.1) is 6.04 Å². The molecule has 0 rings (SSSR count). The van der Waals surface area contributed by atoms with Crippen LogP contribution in [0.3, 0.4) is 0 Å². The Morgan fingerprint density at radius 1 is 0.909 bits per heavy atom. The number of primary amides is 1. The van der Waals surface area contributed by atoms with Crippen LogP contribution in [0.5, 0.6) is 0 Å². The zero-order valence-corrected chi connectivity index (χ0v) is 13.1. The van der Waals surface area contributed by atoms with Gasteiger partial charge in [-0.25, -0.2) is 0 Å². The lowest BCUT2D eigenvalue weighted by Crippen LogP contribution is -2.39. The third-order valence-corrected chi connectivity index (χ3v) is 3.67. The minimum atomic E-state index is -0.640. The Morgan fingerprint density at radius 3 is 1.73 bits per heavy atom. The number of hydrogen-bond acceptors (Lipinski definition) is 7. The maximum Gasteiger partial charge on any atom is 0.234 e. The van der Waals surface area contributed by atoms with E-state index in [0.29, 0.717) is 26.1 Å². The number of carbonyl (C=O) groups is 1. The summed E-state index contributed by atoms with van der Waals surface area (Å²) in [6.45, 7) is 1.13. The fourth-order valence-corrected chi connectivity index (χ4v) is 2.18. The van der Waals surface area contributed by atoms with E-state index in [1.54, 1.807) is 0 Å². The monoisotopic (exact) mass is 321 g/mol. The van der Waals surface area contributed by atoms with Gasteiger partial charge in [-0.15, -0.1) is 0 Å². The fraction of sp³-hybridized carbons (Fsp3) is 0.929. The maximum atomic E-state index is 10.8. The van der Waals surface area contributed by atoms with Crippen molar-refractivity contribution in [2.45, 2.75) is 25.3 Å². The third kappa shape index (κ3) is 9.29. The second-order valence-corrected chi connectivity index (χ2v) is 5.73. The van der Waals surface area contributed by atoms with E-state index >= 15 is 0 Å². The van der Waals surface area contributed by atoms with E-state index in [-0.39, 0.29) is 38.3 Å². The van der Waals surface area contributed by atoms with Gasteiger partial charge < -0.3 is 36.8 Å². The summed E-state index contributed by atoms with van der Waals surface area (Å²) in [5.74, 6) is -1.03. The first-order valence-corrected chi connectivity index (χ1v) is 7.69. The molecule has 0 aromatic heterocycles. The van der Waals surface area contributed by atoms with Crippen molar-refractivity contribution in [3.05, 3.63) is 0 Å². The smallest absolute Gasteiger partial charge is 0.234 e. The summed E-state index contributed by atoms with van der Waals surface area (Å²) in [4.78, 5) is 12.8. The van der Waals surface area contributed by atoms with Crippen molar-refractivity contribution in [1.29, 1.82) is 0 Å². The van der Waals surface area contributed by atoms with Gasteiger partial charge >= 0.3 is 0 Å². The highest BCUT2D eigenvalue weighted by Gasteiger charge is 2.17. The highest BCUT2D eigenvalue weighted by Crippen LogP contribution is 2.08. The Labute approximate surface area is 131 Å². The van der Waals surface area contributed by atoms with Crippen LogP contribution in [0.2, 0.25) is 0 Å². The number of nitrogens with two attached hydrogens (primary N) is 2. The second-order valence-electron chi connectivity index (χ2n) is 5.73. The molecule has 0 spiro atoms. The van der Waals surface area contributed by atoms with E-state index in [9.17, 15) is 25.2 Å². The van der Waals surface area contributed by atoms with Gasteiger partial charge in [-0.3, -0.25) is 4.79 Å². The molecule has 132 valence electrons. The van der Waals surface area contributed by atoms with Gasteiger partial charge in [0, 0.05) is 51.4 Å². The summed E-state index contributed by atoms with van der Waals surface area (Å²) in [7, 11) is 0. The lowest BCUT2D eigenvalue weighted by atomic mass is 10.1. The molecule has 0 aliphatic carbocycles. The van der Waals surface area contributed by atoms with Gasteiger partial charge in [0.15, 0.2) is 0 Å². The molecule has 0 bridgehead atoms. The highest BCUT2D eigenvalue weighted by molar-refractivity contribution is 5.79. The van der Waals surface area contributed by atoms with Gasteiger partial charge in [0.2, 0.25) is 5.91 Å². The van der Waals surface area contributed by atoms with Crippen molar-refractivity contribution in [2.75, 3.05) is 46.1 Å². The molecule has 0 radical (unpaired) electrons. The highest BCUT2D eigenvalue weighted by atomic mass is 16.3. The second kappa shape index (κ2) is 12.7. The molecule has 1 atom stereocenters. The lowest BCUT2D eigenvalue weighted by Gasteiger charge is -2.28. The molecule has 22 heavy (non-hydrogen) atoms. The molecule has 0 aliphatic rings. The molecule has 8 nitrogen and oxygen atoms in total. The molecule has 8 N–H and O–H groups in total. The van der Waals surface area contributed by atoms with E-state index in [0.717, 1.165) is 12.8 Å². The maximum absolute atomic E-state index is 10.8. The fourth-order valence-electron chi connectivity index (χ4n) is 2.18. The van der Waals surface area contributed by atoms with Gasteiger partial charge in [0.1, 0.15) is 0 Å². The summed E-state index contributed by atoms with van der Waals surface area (Å²) in [5, 5.41) is 36.7. The van der Waals surface area contributed by atoms with Crippen LogP contribution >= 0.6 is 0 Å². The van der Waals surface area contributed by atoms with E-state index in [2.05, 4.69) is 0 Å². The van der Waals surface area contributed by atoms with E-state index < -0.39 is 11.9 Å². The molecule has 8 heteroatoms. The summed E-state index contributed by atoms with van der Waals surface area (Å²) in [6, 6.07) is -0.640. The van der Waals surface area contributed by atoms with Crippen LogP contribution in [0.15, 0.2) is 0 Å². The molecule has 0 aromatic carbocycles. The number of rotatable bonds is 14. The Hall–Kier alpha value is -0.770. The van der Waals surface area contributed by atoms with Crippen LogP contribution in [0, 0.1) is 11.8 Å². The van der Waals surface area contributed by atoms with E-state index in [1.807, 2.05) is 4.90 Å². The van der Waals surface area contributed by atoms with E-state index in [1.165, 1.54) is 0 Å². The number of aliphatic hydroxyl groups is 4.